The molecule has 2 aliphatic rings. The Morgan fingerprint density at radius 1 is 1.05 bits per heavy atom. The Bertz CT molecular complexity index is 1140. The zero-order valence-electron chi connectivity index (χ0n) is 12.6. The second-order valence-electron chi connectivity index (χ2n) is 6.47. The van der Waals surface area contributed by atoms with Gasteiger partial charge in [0, 0.05) is 5.39 Å². The fraction of sp³-hybridized carbons (Fsp3) is 0.190. The highest BCUT2D eigenvalue weighted by Gasteiger charge is 2.15. The highest BCUT2D eigenvalue weighted by molar-refractivity contribution is 5.89. The number of benzene rings is 2. The first-order chi connectivity index (χ1) is 10.8. The quantitative estimate of drug-likeness (QED) is 0.482. The molecule has 0 amide bonds. The lowest BCUT2D eigenvalue weighted by molar-refractivity contribution is 0.677. The fourth-order valence-corrected chi connectivity index (χ4v) is 3.90. The molecule has 0 N–H and O–H groups in total. The van der Waals surface area contributed by atoms with Gasteiger partial charge in [-0.3, -0.25) is 0 Å². The number of hydrogen-bond acceptors (Lipinski definition) is 1. The molecule has 2 aromatic carbocycles. The Morgan fingerprint density at radius 2 is 1.95 bits per heavy atom. The maximum absolute atomic E-state index is 4.93. The summed E-state index contributed by atoms with van der Waals surface area (Å²) in [6, 6.07) is 15.4. The molecule has 2 aliphatic carbocycles. The second kappa shape index (κ2) is 4.30. The van der Waals surface area contributed by atoms with E-state index < -0.39 is 0 Å². The van der Waals surface area contributed by atoms with E-state index in [1.54, 1.807) is 0 Å². The lowest BCUT2D eigenvalue weighted by Crippen LogP contribution is -2.19. The molecule has 0 saturated carbocycles. The van der Waals surface area contributed by atoms with Crippen molar-refractivity contribution in [1.29, 1.82) is 0 Å². The third-order valence-electron chi connectivity index (χ3n) is 5.12. The van der Waals surface area contributed by atoms with Crippen LogP contribution in [-0.4, -0.2) is 4.98 Å². The lowest BCUT2D eigenvalue weighted by Gasteiger charge is -2.17. The van der Waals surface area contributed by atoms with Crippen molar-refractivity contribution in [2.45, 2.75) is 25.7 Å². The minimum Gasteiger partial charge on any atom is -0.248 e. The van der Waals surface area contributed by atoms with Gasteiger partial charge in [-0.2, -0.15) is 0 Å². The minimum atomic E-state index is 0.608. The largest absolute Gasteiger partial charge is 0.248 e. The van der Waals surface area contributed by atoms with Crippen LogP contribution in [0.3, 0.4) is 0 Å². The van der Waals surface area contributed by atoms with Crippen molar-refractivity contribution < 1.29 is 0 Å². The first-order valence-corrected chi connectivity index (χ1v) is 8.06. The molecule has 106 valence electrons. The number of fused-ring (bicyclic) bond motifs is 5. The molecule has 1 aromatic heterocycles. The Balaban J connectivity index is 1.97. The summed E-state index contributed by atoms with van der Waals surface area (Å²) in [4.78, 5) is 4.93. The SMILES string of the molecule is CC1CCC=c2nc3ccc4c(c3cc21)C=c1ccccc1=4. The number of aromatic nitrogens is 1. The predicted molar refractivity (Wildman–Crippen MR) is 90.8 cm³/mol. The van der Waals surface area contributed by atoms with Gasteiger partial charge in [-0.15, -0.1) is 0 Å². The van der Waals surface area contributed by atoms with Gasteiger partial charge in [0.15, 0.2) is 0 Å². The maximum Gasteiger partial charge on any atom is 0.0715 e. The van der Waals surface area contributed by atoms with Crippen LogP contribution in [0.15, 0.2) is 42.5 Å². The van der Waals surface area contributed by atoms with Crippen LogP contribution in [-0.2, 0) is 0 Å². The Morgan fingerprint density at radius 3 is 2.91 bits per heavy atom. The van der Waals surface area contributed by atoms with Crippen molar-refractivity contribution in [2.75, 3.05) is 0 Å². The molecule has 1 heteroatoms. The van der Waals surface area contributed by atoms with Crippen LogP contribution in [0, 0.1) is 10.4 Å². The molecule has 5 rings (SSSR count). The third-order valence-corrected chi connectivity index (χ3v) is 5.12. The molecule has 1 heterocycles. The minimum absolute atomic E-state index is 0.608. The van der Waals surface area contributed by atoms with E-state index in [1.807, 2.05) is 0 Å². The average molecular weight is 283 g/mol. The zero-order chi connectivity index (χ0) is 14.7. The fourth-order valence-electron chi connectivity index (χ4n) is 3.90. The third kappa shape index (κ3) is 1.57. The van der Waals surface area contributed by atoms with Gasteiger partial charge in [0.05, 0.1) is 10.9 Å². The summed E-state index contributed by atoms with van der Waals surface area (Å²) in [5, 5.41) is 6.51. The normalized spacial score (nSPS) is 18.1. The van der Waals surface area contributed by atoms with Gasteiger partial charge in [-0.05, 0) is 63.8 Å². The van der Waals surface area contributed by atoms with E-state index in [-0.39, 0.29) is 0 Å². The van der Waals surface area contributed by atoms with Gasteiger partial charge in [0.1, 0.15) is 0 Å². The van der Waals surface area contributed by atoms with Crippen LogP contribution >= 0.6 is 0 Å². The molecule has 1 atom stereocenters. The van der Waals surface area contributed by atoms with Crippen molar-refractivity contribution in [3.8, 4) is 0 Å². The Hall–Kier alpha value is -2.41. The van der Waals surface area contributed by atoms with Crippen molar-refractivity contribution in [1.82, 2.24) is 4.98 Å². The van der Waals surface area contributed by atoms with Gasteiger partial charge in [0.2, 0.25) is 0 Å². The van der Waals surface area contributed by atoms with E-state index in [2.05, 4.69) is 61.5 Å². The van der Waals surface area contributed by atoms with Crippen molar-refractivity contribution in [3.63, 3.8) is 0 Å². The van der Waals surface area contributed by atoms with E-state index in [9.17, 15) is 0 Å². The molecule has 3 aromatic rings. The van der Waals surface area contributed by atoms with E-state index in [4.69, 9.17) is 4.98 Å². The second-order valence-corrected chi connectivity index (χ2v) is 6.47. The van der Waals surface area contributed by atoms with E-state index in [0.717, 1.165) is 11.9 Å². The van der Waals surface area contributed by atoms with Crippen LogP contribution in [0.5, 0.6) is 0 Å². The van der Waals surface area contributed by atoms with Crippen molar-refractivity contribution in [2.24, 2.45) is 0 Å². The summed E-state index contributed by atoms with van der Waals surface area (Å²) in [5.41, 5.74) is 3.87. The molecule has 1 unspecified atom stereocenters. The van der Waals surface area contributed by atoms with Gasteiger partial charge in [0.25, 0.3) is 0 Å². The first kappa shape index (κ1) is 12.2. The average Bonchev–Trinajstić information content (AvgIpc) is 2.93. The van der Waals surface area contributed by atoms with E-state index >= 15 is 0 Å². The van der Waals surface area contributed by atoms with Crippen LogP contribution in [0.1, 0.15) is 36.8 Å². The molecule has 0 bridgehead atoms. The summed E-state index contributed by atoms with van der Waals surface area (Å²) in [7, 11) is 0. The van der Waals surface area contributed by atoms with Crippen molar-refractivity contribution in [3.05, 3.63) is 74.6 Å². The summed E-state index contributed by atoms with van der Waals surface area (Å²) in [6.07, 6.45) is 6.99. The van der Waals surface area contributed by atoms with Gasteiger partial charge >= 0.3 is 0 Å². The molecular weight excluding hydrogens is 266 g/mol. The van der Waals surface area contributed by atoms with Crippen LogP contribution in [0.25, 0.3) is 23.1 Å². The summed E-state index contributed by atoms with van der Waals surface area (Å²) >= 11 is 0. The summed E-state index contributed by atoms with van der Waals surface area (Å²) < 4.78 is 0. The predicted octanol–water partition coefficient (Wildman–Crippen LogP) is 3.34. The molecule has 1 nitrogen and oxygen atoms in total. The van der Waals surface area contributed by atoms with Crippen LogP contribution in [0.4, 0.5) is 0 Å². The summed E-state index contributed by atoms with van der Waals surface area (Å²) in [6.45, 7) is 2.32. The lowest BCUT2D eigenvalue weighted by atomic mass is 9.90. The van der Waals surface area contributed by atoms with E-state index in [0.29, 0.717) is 5.92 Å². The number of nitrogens with zero attached hydrogens (tertiary/aromatic N) is 1. The topological polar surface area (TPSA) is 12.9 Å². The van der Waals surface area contributed by atoms with Crippen LogP contribution < -0.4 is 10.6 Å². The molecule has 0 spiro atoms. The highest BCUT2D eigenvalue weighted by Crippen LogP contribution is 2.27. The van der Waals surface area contributed by atoms with Gasteiger partial charge < -0.3 is 0 Å². The Labute approximate surface area is 128 Å². The first-order valence-electron chi connectivity index (χ1n) is 8.06. The molecule has 22 heavy (non-hydrogen) atoms. The number of hydrogen-bond donors (Lipinski definition) is 0. The number of rotatable bonds is 0. The Kier molecular flexibility index (Phi) is 2.38. The number of pyridine rings is 1. The maximum atomic E-state index is 4.93. The molecule has 0 radical (unpaired) electrons. The van der Waals surface area contributed by atoms with Gasteiger partial charge in [-0.1, -0.05) is 43.3 Å². The summed E-state index contributed by atoms with van der Waals surface area (Å²) in [5.74, 6) is 0.608. The molecule has 0 aliphatic heterocycles. The zero-order valence-corrected chi connectivity index (χ0v) is 12.6. The van der Waals surface area contributed by atoms with Gasteiger partial charge in [-0.25, -0.2) is 4.98 Å². The smallest absolute Gasteiger partial charge is 0.0715 e. The molecular formula is C21H17N. The molecule has 0 fully saturated rings. The van der Waals surface area contributed by atoms with Crippen LogP contribution in [0.2, 0.25) is 0 Å². The highest BCUT2D eigenvalue weighted by atomic mass is 14.7. The van der Waals surface area contributed by atoms with E-state index in [1.165, 1.54) is 43.9 Å². The standard InChI is InChI=1S/C21H17N/c1-13-5-4-8-20-17(13)12-19-18-11-14-6-2-3-7-15(14)16(18)9-10-21(19)22-20/h2-3,6-13H,4-5H2,1H3. The van der Waals surface area contributed by atoms with Crippen molar-refractivity contribution >= 4 is 23.1 Å². The monoisotopic (exact) mass is 283 g/mol. The molecule has 0 saturated heterocycles.